The molecule has 5 nitrogen and oxygen atoms in total. The zero-order valence-corrected chi connectivity index (χ0v) is 13.7. The largest absolute Gasteiger partial charge is 0.497 e. The van der Waals surface area contributed by atoms with Crippen LogP contribution in [0.4, 0.5) is 10.5 Å². The highest BCUT2D eigenvalue weighted by atomic mass is 16.6. The number of hydrogen-bond donors (Lipinski definition) is 2. The van der Waals surface area contributed by atoms with E-state index in [9.17, 15) is 9.90 Å². The van der Waals surface area contributed by atoms with Crippen LogP contribution in [0.2, 0.25) is 0 Å². The number of nitrogens with one attached hydrogen (secondary N) is 1. The van der Waals surface area contributed by atoms with Crippen LogP contribution in [-0.4, -0.2) is 29.5 Å². The highest BCUT2D eigenvalue weighted by molar-refractivity contribution is 5.86. The van der Waals surface area contributed by atoms with E-state index in [1.54, 1.807) is 13.2 Å². The second-order valence-electron chi connectivity index (χ2n) is 6.87. The molecule has 0 aliphatic heterocycles. The van der Waals surface area contributed by atoms with Crippen LogP contribution >= 0.6 is 0 Å². The Balaban J connectivity index is 2.09. The quantitative estimate of drug-likeness (QED) is 0.873. The van der Waals surface area contributed by atoms with Gasteiger partial charge in [-0.2, -0.15) is 0 Å². The van der Waals surface area contributed by atoms with Crippen molar-refractivity contribution in [2.45, 2.75) is 57.7 Å². The predicted octanol–water partition coefficient (Wildman–Crippen LogP) is 3.50. The van der Waals surface area contributed by atoms with Crippen molar-refractivity contribution < 1.29 is 19.4 Å². The summed E-state index contributed by atoms with van der Waals surface area (Å²) in [6.45, 7) is 5.46. The van der Waals surface area contributed by atoms with E-state index in [1.165, 1.54) is 0 Å². The monoisotopic (exact) mass is 307 g/mol. The molecule has 0 unspecified atom stereocenters. The van der Waals surface area contributed by atoms with Gasteiger partial charge < -0.3 is 14.6 Å². The Bertz CT molecular complexity index is 544. The Kier molecular flexibility index (Phi) is 4.66. The molecule has 0 bridgehead atoms. The molecule has 1 aromatic rings. The van der Waals surface area contributed by atoms with Gasteiger partial charge in [-0.25, -0.2) is 4.79 Å². The maximum Gasteiger partial charge on any atom is 0.412 e. The van der Waals surface area contributed by atoms with Crippen LogP contribution in [0.1, 0.15) is 45.6 Å². The van der Waals surface area contributed by atoms with Gasteiger partial charge in [0.05, 0.1) is 18.4 Å². The molecule has 1 aliphatic carbocycles. The second kappa shape index (κ2) is 6.16. The van der Waals surface area contributed by atoms with Crippen molar-refractivity contribution in [3.63, 3.8) is 0 Å². The number of benzene rings is 1. The molecule has 1 aromatic carbocycles. The average Bonchev–Trinajstić information content (AvgIpc) is 3.13. The fourth-order valence-electron chi connectivity index (χ4n) is 2.19. The Morgan fingerprint density at radius 2 is 2.05 bits per heavy atom. The molecular weight excluding hydrogens is 282 g/mol. The Morgan fingerprint density at radius 3 is 2.59 bits per heavy atom. The summed E-state index contributed by atoms with van der Waals surface area (Å²) < 4.78 is 10.5. The van der Waals surface area contributed by atoms with Gasteiger partial charge in [-0.15, -0.1) is 0 Å². The summed E-state index contributed by atoms with van der Waals surface area (Å²) in [7, 11) is 1.58. The number of hydrogen-bond acceptors (Lipinski definition) is 4. The van der Waals surface area contributed by atoms with Crippen LogP contribution in [0.15, 0.2) is 18.2 Å². The van der Waals surface area contributed by atoms with Gasteiger partial charge in [0.25, 0.3) is 0 Å². The minimum atomic E-state index is -0.549. The fourth-order valence-corrected chi connectivity index (χ4v) is 2.19. The first kappa shape index (κ1) is 16.6. The number of ether oxygens (including phenoxy) is 2. The Hall–Kier alpha value is -1.75. The molecule has 1 saturated carbocycles. The van der Waals surface area contributed by atoms with Gasteiger partial charge in [-0.3, -0.25) is 5.32 Å². The zero-order valence-electron chi connectivity index (χ0n) is 13.7. The lowest BCUT2D eigenvalue weighted by molar-refractivity contribution is 0.0636. The molecule has 0 saturated heterocycles. The molecule has 0 spiro atoms. The maximum absolute atomic E-state index is 12.0. The normalized spacial score (nSPS) is 16.0. The van der Waals surface area contributed by atoms with Crippen molar-refractivity contribution in [1.82, 2.24) is 0 Å². The van der Waals surface area contributed by atoms with Crippen molar-refractivity contribution in [1.29, 1.82) is 0 Å². The maximum atomic E-state index is 12.0. The molecule has 5 heteroatoms. The third-order valence-electron chi connectivity index (χ3n) is 3.64. The van der Waals surface area contributed by atoms with Crippen LogP contribution in [0.3, 0.4) is 0 Å². The number of carbonyl (C=O) groups excluding carboxylic acids is 1. The third kappa shape index (κ3) is 4.91. The lowest BCUT2D eigenvalue weighted by atomic mass is 10.0. The van der Waals surface area contributed by atoms with Crippen molar-refractivity contribution >= 4 is 11.8 Å². The van der Waals surface area contributed by atoms with Gasteiger partial charge in [0, 0.05) is 6.07 Å². The van der Waals surface area contributed by atoms with Crippen LogP contribution in [-0.2, 0) is 11.2 Å². The molecule has 2 rings (SSSR count). The fraction of sp³-hybridized carbons (Fsp3) is 0.588. The third-order valence-corrected chi connectivity index (χ3v) is 3.64. The SMILES string of the molecule is COc1ccc(CCC2(O)CC2)c(NC(=O)OC(C)(C)C)c1. The highest BCUT2D eigenvalue weighted by Crippen LogP contribution is 2.40. The van der Waals surface area contributed by atoms with Crippen LogP contribution in [0.5, 0.6) is 5.75 Å². The number of aliphatic hydroxyl groups is 1. The van der Waals surface area contributed by atoms with Crippen LogP contribution in [0, 0.1) is 0 Å². The predicted molar refractivity (Wildman–Crippen MR) is 85.4 cm³/mol. The Labute approximate surface area is 131 Å². The van der Waals surface area contributed by atoms with Crippen LogP contribution < -0.4 is 10.1 Å². The number of carbonyl (C=O) groups is 1. The average molecular weight is 307 g/mol. The van der Waals surface area contributed by atoms with E-state index in [0.717, 1.165) is 18.4 Å². The van der Waals surface area contributed by atoms with E-state index in [-0.39, 0.29) is 0 Å². The highest BCUT2D eigenvalue weighted by Gasteiger charge is 2.39. The number of rotatable bonds is 5. The van der Waals surface area contributed by atoms with E-state index >= 15 is 0 Å². The first-order valence-electron chi connectivity index (χ1n) is 7.60. The van der Waals surface area contributed by atoms with Crippen molar-refractivity contribution in [2.75, 3.05) is 12.4 Å². The molecule has 0 atom stereocenters. The summed E-state index contributed by atoms with van der Waals surface area (Å²) in [5, 5.41) is 12.8. The molecule has 0 heterocycles. The summed E-state index contributed by atoms with van der Waals surface area (Å²) >= 11 is 0. The smallest absolute Gasteiger partial charge is 0.412 e. The standard InChI is InChI=1S/C17H25NO4/c1-16(2,3)22-15(19)18-14-11-13(21-4)6-5-12(14)7-8-17(20)9-10-17/h5-6,11,20H,7-10H2,1-4H3,(H,18,19). The lowest BCUT2D eigenvalue weighted by Crippen LogP contribution is -2.27. The minimum Gasteiger partial charge on any atom is -0.497 e. The molecule has 1 aliphatic rings. The van der Waals surface area contributed by atoms with Gasteiger partial charge in [0.15, 0.2) is 0 Å². The summed E-state index contributed by atoms with van der Waals surface area (Å²) in [6, 6.07) is 5.54. The number of aryl methyl sites for hydroxylation is 1. The summed E-state index contributed by atoms with van der Waals surface area (Å²) in [5.74, 6) is 0.667. The van der Waals surface area contributed by atoms with Crippen molar-refractivity contribution in [2.24, 2.45) is 0 Å². The molecule has 0 radical (unpaired) electrons. The van der Waals surface area contributed by atoms with E-state index in [1.807, 2.05) is 32.9 Å². The van der Waals surface area contributed by atoms with Gasteiger partial charge in [-0.1, -0.05) is 6.07 Å². The zero-order chi connectivity index (χ0) is 16.4. The van der Waals surface area contributed by atoms with E-state index in [2.05, 4.69) is 5.32 Å². The van der Waals surface area contributed by atoms with E-state index in [0.29, 0.717) is 24.3 Å². The van der Waals surface area contributed by atoms with E-state index in [4.69, 9.17) is 9.47 Å². The topological polar surface area (TPSA) is 67.8 Å². The molecule has 1 fully saturated rings. The molecule has 1 amide bonds. The minimum absolute atomic E-state index is 0.493. The summed E-state index contributed by atoms with van der Waals surface area (Å²) in [4.78, 5) is 12.0. The summed E-state index contributed by atoms with van der Waals surface area (Å²) in [6.07, 6.45) is 2.62. The first-order chi connectivity index (χ1) is 10.2. The van der Waals surface area contributed by atoms with Gasteiger partial charge in [-0.05, 0) is 58.1 Å². The second-order valence-corrected chi connectivity index (χ2v) is 6.87. The van der Waals surface area contributed by atoms with Crippen LogP contribution in [0.25, 0.3) is 0 Å². The Morgan fingerprint density at radius 1 is 1.36 bits per heavy atom. The molecule has 0 aromatic heterocycles. The van der Waals surface area contributed by atoms with Gasteiger partial charge >= 0.3 is 6.09 Å². The molecule has 22 heavy (non-hydrogen) atoms. The van der Waals surface area contributed by atoms with Crippen molar-refractivity contribution in [3.05, 3.63) is 23.8 Å². The number of methoxy groups -OCH3 is 1. The molecular formula is C17H25NO4. The van der Waals surface area contributed by atoms with Gasteiger partial charge in [0.1, 0.15) is 11.4 Å². The number of anilines is 1. The van der Waals surface area contributed by atoms with Gasteiger partial charge in [0.2, 0.25) is 0 Å². The lowest BCUT2D eigenvalue weighted by Gasteiger charge is -2.21. The summed E-state index contributed by atoms with van der Waals surface area (Å²) in [5.41, 5.74) is 0.569. The first-order valence-corrected chi connectivity index (χ1v) is 7.60. The molecule has 2 N–H and O–H groups in total. The molecule has 122 valence electrons. The number of amides is 1. The van der Waals surface area contributed by atoms with Crippen molar-refractivity contribution in [3.8, 4) is 5.75 Å². The van der Waals surface area contributed by atoms with E-state index < -0.39 is 17.3 Å².